The highest BCUT2D eigenvalue weighted by Crippen LogP contribution is 2.26. The molecule has 18 heavy (non-hydrogen) atoms. The Bertz CT molecular complexity index is 573. The summed E-state index contributed by atoms with van der Waals surface area (Å²) in [5.41, 5.74) is -1.07. The van der Waals surface area contributed by atoms with Crippen LogP contribution in [0.1, 0.15) is 19.4 Å². The van der Waals surface area contributed by atoms with Gasteiger partial charge in [-0.25, -0.2) is 4.79 Å². The highest BCUT2D eigenvalue weighted by Gasteiger charge is 2.34. The van der Waals surface area contributed by atoms with E-state index in [0.29, 0.717) is 5.56 Å². The molecule has 0 aliphatic carbocycles. The molecule has 0 aliphatic heterocycles. The number of hydrogen-bond acceptors (Lipinski definition) is 3. The molecule has 0 aromatic heterocycles. The number of carbonyl (C=O) groups is 1. The summed E-state index contributed by atoms with van der Waals surface area (Å²) < 4.78 is 4.88. The summed E-state index contributed by atoms with van der Waals surface area (Å²) in [5, 5.41) is 12.3. The summed E-state index contributed by atoms with van der Waals surface area (Å²) >= 11 is 0. The predicted molar refractivity (Wildman–Crippen MR) is 70.2 cm³/mol. The van der Waals surface area contributed by atoms with Crippen LogP contribution in [0.4, 0.5) is 0 Å². The van der Waals surface area contributed by atoms with Crippen molar-refractivity contribution in [1.82, 2.24) is 0 Å². The molecule has 1 atom stereocenters. The Kier molecular flexibility index (Phi) is 3.34. The molecule has 0 radical (unpaired) electrons. The van der Waals surface area contributed by atoms with Gasteiger partial charge in [-0.2, -0.15) is 0 Å². The molecule has 0 aliphatic rings. The van der Waals surface area contributed by atoms with Crippen molar-refractivity contribution < 1.29 is 14.6 Å². The smallest absolute Gasteiger partial charge is 0.342 e. The quantitative estimate of drug-likeness (QED) is 0.844. The number of carbonyl (C=O) groups excluding carboxylic acids is 1. The number of hydrogen-bond donors (Lipinski definition) is 1. The van der Waals surface area contributed by atoms with Crippen molar-refractivity contribution in [1.29, 1.82) is 0 Å². The van der Waals surface area contributed by atoms with E-state index in [1.54, 1.807) is 13.0 Å². The fourth-order valence-corrected chi connectivity index (χ4v) is 1.88. The summed E-state index contributed by atoms with van der Waals surface area (Å²) in [4.78, 5) is 11.7. The SMILES string of the molecule is CCOC(=O)[C@@](C)(O)c1ccc2ccccc2c1. The minimum atomic E-state index is -1.61. The molecule has 0 heterocycles. The molecule has 1 N–H and O–H groups in total. The summed E-state index contributed by atoms with van der Waals surface area (Å²) in [5.74, 6) is -0.625. The third-order valence-corrected chi connectivity index (χ3v) is 2.98. The maximum atomic E-state index is 11.7. The molecular formula is C15H16O3. The van der Waals surface area contributed by atoms with Crippen LogP contribution in [0.25, 0.3) is 10.8 Å². The lowest BCUT2D eigenvalue weighted by molar-refractivity contribution is -0.164. The Balaban J connectivity index is 2.44. The van der Waals surface area contributed by atoms with Gasteiger partial charge in [-0.1, -0.05) is 36.4 Å². The summed E-state index contributed by atoms with van der Waals surface area (Å²) in [6.07, 6.45) is 0. The largest absolute Gasteiger partial charge is 0.464 e. The molecule has 94 valence electrons. The summed E-state index contributed by atoms with van der Waals surface area (Å²) in [6.45, 7) is 3.42. The second-order valence-electron chi connectivity index (χ2n) is 4.35. The Hall–Kier alpha value is -1.87. The summed E-state index contributed by atoms with van der Waals surface area (Å²) in [7, 11) is 0. The van der Waals surface area contributed by atoms with Crippen LogP contribution < -0.4 is 0 Å². The highest BCUT2D eigenvalue weighted by molar-refractivity contribution is 5.86. The van der Waals surface area contributed by atoms with Crippen molar-refractivity contribution in [2.75, 3.05) is 6.61 Å². The molecule has 2 aromatic rings. The van der Waals surface area contributed by atoms with Crippen LogP contribution in [-0.4, -0.2) is 17.7 Å². The van der Waals surface area contributed by atoms with Crippen molar-refractivity contribution in [3.05, 3.63) is 48.0 Å². The van der Waals surface area contributed by atoms with E-state index in [4.69, 9.17) is 4.74 Å². The molecule has 0 saturated heterocycles. The van der Waals surface area contributed by atoms with Gasteiger partial charge in [0, 0.05) is 0 Å². The van der Waals surface area contributed by atoms with E-state index in [2.05, 4.69) is 0 Å². The van der Waals surface area contributed by atoms with Gasteiger partial charge in [-0.15, -0.1) is 0 Å². The first-order valence-electron chi connectivity index (χ1n) is 5.94. The molecule has 3 nitrogen and oxygen atoms in total. The van der Waals surface area contributed by atoms with E-state index < -0.39 is 11.6 Å². The van der Waals surface area contributed by atoms with E-state index in [-0.39, 0.29) is 6.61 Å². The number of rotatable bonds is 3. The van der Waals surface area contributed by atoms with Gasteiger partial charge in [0.05, 0.1) is 6.61 Å². The van der Waals surface area contributed by atoms with Crippen LogP contribution in [0.15, 0.2) is 42.5 Å². The van der Waals surface area contributed by atoms with Gasteiger partial charge in [0.15, 0.2) is 5.60 Å². The number of esters is 1. The molecule has 0 fully saturated rings. The van der Waals surface area contributed by atoms with E-state index in [1.807, 2.05) is 36.4 Å². The van der Waals surface area contributed by atoms with Crippen molar-refractivity contribution in [3.8, 4) is 0 Å². The first kappa shape index (κ1) is 12.6. The fraction of sp³-hybridized carbons (Fsp3) is 0.267. The number of benzene rings is 2. The van der Waals surface area contributed by atoms with Gasteiger partial charge in [0.2, 0.25) is 0 Å². The minimum Gasteiger partial charge on any atom is -0.464 e. The summed E-state index contributed by atoms with van der Waals surface area (Å²) in [6, 6.07) is 13.2. The molecular weight excluding hydrogens is 228 g/mol. The Morgan fingerprint density at radius 2 is 1.89 bits per heavy atom. The Morgan fingerprint density at radius 3 is 2.56 bits per heavy atom. The number of fused-ring (bicyclic) bond motifs is 1. The molecule has 2 rings (SSSR count). The van der Waals surface area contributed by atoms with Crippen molar-refractivity contribution in [2.24, 2.45) is 0 Å². The fourth-order valence-electron chi connectivity index (χ4n) is 1.88. The molecule has 0 spiro atoms. The van der Waals surface area contributed by atoms with Crippen molar-refractivity contribution in [3.63, 3.8) is 0 Å². The lowest BCUT2D eigenvalue weighted by Crippen LogP contribution is -2.34. The second kappa shape index (κ2) is 4.78. The molecule has 0 saturated carbocycles. The number of ether oxygens (including phenoxy) is 1. The second-order valence-corrected chi connectivity index (χ2v) is 4.35. The zero-order chi connectivity index (χ0) is 13.2. The normalized spacial score (nSPS) is 14.2. The molecule has 2 aromatic carbocycles. The standard InChI is InChI=1S/C15H16O3/c1-3-18-14(16)15(2,17)13-9-8-11-6-4-5-7-12(11)10-13/h4-10,17H,3H2,1-2H3/t15-/m0/s1. The van der Waals surface area contributed by atoms with Gasteiger partial charge < -0.3 is 9.84 Å². The maximum Gasteiger partial charge on any atom is 0.342 e. The lowest BCUT2D eigenvalue weighted by Gasteiger charge is -2.21. The van der Waals surface area contributed by atoms with Crippen LogP contribution in [0.5, 0.6) is 0 Å². The maximum absolute atomic E-state index is 11.7. The van der Waals surface area contributed by atoms with Crippen LogP contribution in [0.2, 0.25) is 0 Å². The monoisotopic (exact) mass is 244 g/mol. The van der Waals surface area contributed by atoms with Crippen molar-refractivity contribution in [2.45, 2.75) is 19.4 Å². The lowest BCUT2D eigenvalue weighted by atomic mass is 9.94. The average Bonchev–Trinajstić information content (AvgIpc) is 2.38. The van der Waals surface area contributed by atoms with E-state index in [0.717, 1.165) is 10.8 Å². The average molecular weight is 244 g/mol. The molecule has 0 amide bonds. The van der Waals surface area contributed by atoms with Crippen LogP contribution in [-0.2, 0) is 15.1 Å². The van der Waals surface area contributed by atoms with Gasteiger partial charge in [-0.3, -0.25) is 0 Å². The van der Waals surface area contributed by atoms with E-state index in [9.17, 15) is 9.90 Å². The zero-order valence-electron chi connectivity index (χ0n) is 10.5. The van der Waals surface area contributed by atoms with Crippen LogP contribution in [0.3, 0.4) is 0 Å². The van der Waals surface area contributed by atoms with Crippen LogP contribution in [0, 0.1) is 0 Å². The highest BCUT2D eigenvalue weighted by atomic mass is 16.5. The topological polar surface area (TPSA) is 46.5 Å². The third-order valence-electron chi connectivity index (χ3n) is 2.98. The Morgan fingerprint density at radius 1 is 1.22 bits per heavy atom. The first-order chi connectivity index (χ1) is 8.55. The van der Waals surface area contributed by atoms with Gasteiger partial charge >= 0.3 is 5.97 Å². The minimum absolute atomic E-state index is 0.253. The predicted octanol–water partition coefficient (Wildman–Crippen LogP) is 2.61. The van der Waals surface area contributed by atoms with Gasteiger partial charge in [0.25, 0.3) is 0 Å². The van der Waals surface area contributed by atoms with Crippen molar-refractivity contribution >= 4 is 16.7 Å². The zero-order valence-corrected chi connectivity index (χ0v) is 10.5. The first-order valence-corrected chi connectivity index (χ1v) is 5.94. The third kappa shape index (κ3) is 2.22. The Labute approximate surface area is 106 Å². The number of aliphatic hydroxyl groups is 1. The van der Waals surface area contributed by atoms with E-state index >= 15 is 0 Å². The molecule has 0 unspecified atom stereocenters. The van der Waals surface area contributed by atoms with Gasteiger partial charge in [-0.05, 0) is 36.2 Å². The van der Waals surface area contributed by atoms with E-state index in [1.165, 1.54) is 6.92 Å². The molecule has 0 bridgehead atoms. The molecule has 3 heteroatoms. The van der Waals surface area contributed by atoms with Crippen LogP contribution >= 0.6 is 0 Å². The van der Waals surface area contributed by atoms with Gasteiger partial charge in [0.1, 0.15) is 0 Å².